The van der Waals surface area contributed by atoms with Crippen LogP contribution in [0, 0.1) is 12.3 Å². The fourth-order valence-electron chi connectivity index (χ4n) is 1.92. The van der Waals surface area contributed by atoms with E-state index in [0.29, 0.717) is 30.3 Å². The molecule has 1 rings (SSSR count). The van der Waals surface area contributed by atoms with Crippen molar-refractivity contribution in [2.24, 2.45) is 0 Å². The van der Waals surface area contributed by atoms with E-state index in [1.807, 2.05) is 20.8 Å². The highest BCUT2D eigenvalue weighted by molar-refractivity contribution is 5.95. The van der Waals surface area contributed by atoms with Crippen molar-refractivity contribution >= 4 is 5.91 Å². The Bertz CT molecular complexity index is 505. The molecule has 0 saturated carbocycles. The van der Waals surface area contributed by atoms with Crippen molar-refractivity contribution in [2.45, 2.75) is 39.7 Å². The predicted octanol–water partition coefficient (Wildman–Crippen LogP) is 3.02. The third-order valence-corrected chi connectivity index (χ3v) is 2.89. The largest absolute Gasteiger partial charge is 0.490 e. The van der Waals surface area contributed by atoms with Crippen LogP contribution in [0.3, 0.4) is 0 Å². The second-order valence-electron chi connectivity index (χ2n) is 4.51. The van der Waals surface area contributed by atoms with Gasteiger partial charge in [0.25, 0.3) is 5.91 Å². The van der Waals surface area contributed by atoms with Gasteiger partial charge in [-0.25, -0.2) is 0 Å². The Morgan fingerprint density at radius 2 is 1.90 bits per heavy atom. The third-order valence-electron chi connectivity index (χ3n) is 2.89. The summed E-state index contributed by atoms with van der Waals surface area (Å²) in [5, 5.41) is 2.83. The molecule has 0 spiro atoms. The monoisotopic (exact) mass is 289 g/mol. The number of ether oxygens (including phenoxy) is 2. The Morgan fingerprint density at radius 3 is 2.48 bits per heavy atom. The highest BCUT2D eigenvalue weighted by Crippen LogP contribution is 2.28. The van der Waals surface area contributed by atoms with Crippen molar-refractivity contribution in [2.75, 3.05) is 13.2 Å². The second kappa shape index (κ2) is 8.91. The number of hydrogen-bond donors (Lipinski definition) is 1. The Hall–Kier alpha value is -2.15. The van der Waals surface area contributed by atoms with Gasteiger partial charge in [-0.15, -0.1) is 6.42 Å². The van der Waals surface area contributed by atoms with Crippen molar-refractivity contribution in [3.8, 4) is 23.8 Å². The maximum Gasteiger partial charge on any atom is 0.252 e. The standard InChI is InChI=1S/C17H23NO3/c1-5-9-14(6-2)18-17(19)13-10-11-15(20-7-3)16(12-13)21-8-4/h2,10-12,14H,5,7-9H2,1,3-4H3,(H,18,19). The van der Waals surface area contributed by atoms with Crippen LogP contribution in [-0.2, 0) is 0 Å². The van der Waals surface area contributed by atoms with Crippen molar-refractivity contribution < 1.29 is 14.3 Å². The zero-order chi connectivity index (χ0) is 15.7. The average Bonchev–Trinajstić information content (AvgIpc) is 2.48. The Labute approximate surface area is 126 Å². The normalized spacial score (nSPS) is 11.3. The molecule has 0 saturated heterocycles. The molecular weight excluding hydrogens is 266 g/mol. The summed E-state index contributed by atoms with van der Waals surface area (Å²) < 4.78 is 11.0. The van der Waals surface area contributed by atoms with E-state index in [2.05, 4.69) is 11.2 Å². The van der Waals surface area contributed by atoms with Gasteiger partial charge in [0.15, 0.2) is 11.5 Å². The minimum Gasteiger partial charge on any atom is -0.490 e. The molecule has 0 heterocycles. The summed E-state index contributed by atoms with van der Waals surface area (Å²) in [6.07, 6.45) is 7.10. The van der Waals surface area contributed by atoms with Crippen LogP contribution in [-0.4, -0.2) is 25.2 Å². The van der Waals surface area contributed by atoms with E-state index in [4.69, 9.17) is 15.9 Å². The number of rotatable bonds is 8. The number of hydrogen-bond acceptors (Lipinski definition) is 3. The van der Waals surface area contributed by atoms with Crippen molar-refractivity contribution in [3.63, 3.8) is 0 Å². The summed E-state index contributed by atoms with van der Waals surface area (Å²) in [6, 6.07) is 4.89. The number of nitrogens with one attached hydrogen (secondary N) is 1. The minimum atomic E-state index is -0.246. The lowest BCUT2D eigenvalue weighted by atomic mass is 10.1. The van der Waals surface area contributed by atoms with Gasteiger partial charge in [-0.3, -0.25) is 4.79 Å². The Kier molecular flexibility index (Phi) is 7.17. The van der Waals surface area contributed by atoms with Crippen LogP contribution in [0.25, 0.3) is 0 Å². The van der Waals surface area contributed by atoms with Crippen molar-refractivity contribution in [1.29, 1.82) is 0 Å². The second-order valence-corrected chi connectivity index (χ2v) is 4.51. The van der Waals surface area contributed by atoms with Gasteiger partial charge in [0.05, 0.1) is 19.3 Å². The van der Waals surface area contributed by atoms with E-state index in [-0.39, 0.29) is 11.9 Å². The van der Waals surface area contributed by atoms with Crippen molar-refractivity contribution in [1.82, 2.24) is 5.32 Å². The molecule has 1 aromatic carbocycles. The molecular formula is C17H23NO3. The average molecular weight is 289 g/mol. The summed E-state index contributed by atoms with van der Waals surface area (Å²) in [4.78, 5) is 12.2. The van der Waals surface area contributed by atoms with Crippen LogP contribution < -0.4 is 14.8 Å². The molecule has 0 aliphatic carbocycles. The topological polar surface area (TPSA) is 47.6 Å². The fourth-order valence-corrected chi connectivity index (χ4v) is 1.92. The first kappa shape index (κ1) is 16.9. The summed E-state index contributed by atoms with van der Waals surface area (Å²) in [5.74, 6) is 3.59. The van der Waals surface area contributed by atoms with Crippen LogP contribution in [0.2, 0.25) is 0 Å². The molecule has 0 aliphatic heterocycles. The van der Waals surface area contributed by atoms with Crippen LogP contribution in [0.15, 0.2) is 18.2 Å². The molecule has 4 heteroatoms. The first-order valence-electron chi connectivity index (χ1n) is 7.32. The van der Waals surface area contributed by atoms with Crippen LogP contribution >= 0.6 is 0 Å². The molecule has 1 aromatic rings. The molecule has 0 aromatic heterocycles. The molecule has 21 heavy (non-hydrogen) atoms. The Morgan fingerprint density at radius 1 is 1.24 bits per heavy atom. The van der Waals surface area contributed by atoms with Crippen molar-refractivity contribution in [3.05, 3.63) is 23.8 Å². The first-order chi connectivity index (χ1) is 10.2. The van der Waals surface area contributed by atoms with Gasteiger partial charge in [-0.1, -0.05) is 19.3 Å². The van der Waals surface area contributed by atoms with E-state index in [0.717, 1.165) is 12.8 Å². The van der Waals surface area contributed by atoms with E-state index >= 15 is 0 Å². The molecule has 1 unspecified atom stereocenters. The number of carbonyl (C=O) groups excluding carboxylic acids is 1. The SMILES string of the molecule is C#CC(CCC)NC(=O)c1ccc(OCC)c(OCC)c1. The van der Waals surface area contributed by atoms with Gasteiger partial charge in [-0.2, -0.15) is 0 Å². The summed E-state index contributed by atoms with van der Waals surface area (Å²) >= 11 is 0. The lowest BCUT2D eigenvalue weighted by Crippen LogP contribution is -2.33. The van der Waals surface area contributed by atoms with E-state index in [1.54, 1.807) is 18.2 Å². The predicted molar refractivity (Wildman–Crippen MR) is 83.8 cm³/mol. The fraction of sp³-hybridized carbons (Fsp3) is 0.471. The van der Waals surface area contributed by atoms with Gasteiger partial charge in [0.1, 0.15) is 0 Å². The molecule has 0 radical (unpaired) electrons. The van der Waals surface area contributed by atoms with E-state index in [1.165, 1.54) is 0 Å². The minimum absolute atomic E-state index is 0.199. The molecule has 0 aliphatic rings. The Balaban J connectivity index is 2.89. The molecule has 114 valence electrons. The molecule has 0 fully saturated rings. The zero-order valence-corrected chi connectivity index (χ0v) is 12.9. The maximum atomic E-state index is 12.2. The molecule has 4 nitrogen and oxygen atoms in total. The van der Waals surface area contributed by atoms with E-state index < -0.39 is 0 Å². The molecule has 0 bridgehead atoms. The highest BCUT2D eigenvalue weighted by Gasteiger charge is 2.14. The lowest BCUT2D eigenvalue weighted by Gasteiger charge is -2.14. The van der Waals surface area contributed by atoms with Crippen LogP contribution in [0.1, 0.15) is 44.0 Å². The first-order valence-corrected chi connectivity index (χ1v) is 7.32. The number of amides is 1. The summed E-state index contributed by atoms with van der Waals surface area (Å²) in [7, 11) is 0. The van der Waals surface area contributed by atoms with Gasteiger partial charge < -0.3 is 14.8 Å². The number of benzene rings is 1. The molecule has 1 N–H and O–H groups in total. The lowest BCUT2D eigenvalue weighted by molar-refractivity contribution is 0.0943. The molecule has 1 amide bonds. The van der Waals surface area contributed by atoms with Gasteiger partial charge in [-0.05, 0) is 38.5 Å². The third kappa shape index (κ3) is 5.03. The molecule has 1 atom stereocenters. The van der Waals surface area contributed by atoms with Gasteiger partial charge >= 0.3 is 0 Å². The number of carbonyl (C=O) groups is 1. The van der Waals surface area contributed by atoms with Gasteiger partial charge in [0, 0.05) is 5.56 Å². The van der Waals surface area contributed by atoms with E-state index in [9.17, 15) is 4.79 Å². The summed E-state index contributed by atoms with van der Waals surface area (Å²) in [5.41, 5.74) is 0.512. The maximum absolute atomic E-state index is 12.2. The number of terminal acetylenes is 1. The van der Waals surface area contributed by atoms with Crippen LogP contribution in [0.4, 0.5) is 0 Å². The smallest absolute Gasteiger partial charge is 0.252 e. The highest BCUT2D eigenvalue weighted by atomic mass is 16.5. The zero-order valence-electron chi connectivity index (χ0n) is 12.9. The van der Waals surface area contributed by atoms with Gasteiger partial charge in [0.2, 0.25) is 0 Å². The quantitative estimate of drug-likeness (QED) is 0.748. The van der Waals surface area contributed by atoms with Crippen LogP contribution in [0.5, 0.6) is 11.5 Å². The summed E-state index contributed by atoms with van der Waals surface area (Å²) in [6.45, 7) is 6.87.